The van der Waals surface area contributed by atoms with E-state index in [1.807, 2.05) is 12.1 Å². The number of aliphatic hydroxyl groups is 1. The molecule has 3 N–H and O–H groups in total. The highest BCUT2D eigenvalue weighted by Gasteiger charge is 2.25. The first-order chi connectivity index (χ1) is 9.72. The Morgan fingerprint density at radius 1 is 1.35 bits per heavy atom. The van der Waals surface area contributed by atoms with Crippen molar-refractivity contribution in [2.24, 2.45) is 0 Å². The summed E-state index contributed by atoms with van der Waals surface area (Å²) in [7, 11) is 0. The van der Waals surface area contributed by atoms with E-state index in [9.17, 15) is 9.90 Å². The standard InChI is InChI=1S/C15H22N2O3/c16-13-7-3-4-8-14(13)20-11-15(19)17-9-5-1-2-6-12(17)10-18/h3-4,7-8,12,18H,1-2,5-6,9-11,16H2. The van der Waals surface area contributed by atoms with Gasteiger partial charge in [-0.05, 0) is 25.0 Å². The van der Waals surface area contributed by atoms with Crippen LogP contribution in [0.5, 0.6) is 5.75 Å². The predicted molar refractivity (Wildman–Crippen MR) is 77.4 cm³/mol. The molecule has 1 atom stereocenters. The molecule has 1 fully saturated rings. The zero-order chi connectivity index (χ0) is 14.4. The Balaban J connectivity index is 1.94. The summed E-state index contributed by atoms with van der Waals surface area (Å²) in [5.41, 5.74) is 6.30. The van der Waals surface area contributed by atoms with Crippen molar-refractivity contribution in [3.05, 3.63) is 24.3 Å². The molecule has 0 radical (unpaired) electrons. The fourth-order valence-electron chi connectivity index (χ4n) is 2.53. The molecule has 5 heteroatoms. The third kappa shape index (κ3) is 3.63. The van der Waals surface area contributed by atoms with Crippen molar-refractivity contribution < 1.29 is 14.6 Å². The quantitative estimate of drug-likeness (QED) is 0.817. The number of rotatable bonds is 4. The summed E-state index contributed by atoms with van der Waals surface area (Å²) in [4.78, 5) is 14.0. The molecule has 1 aliphatic heterocycles. The number of nitrogen functional groups attached to an aromatic ring is 1. The molecule has 0 saturated carbocycles. The zero-order valence-electron chi connectivity index (χ0n) is 11.6. The molecule has 0 aliphatic carbocycles. The number of nitrogens with two attached hydrogens (primary N) is 1. The number of carbonyl (C=O) groups excluding carboxylic acids is 1. The molecule has 1 saturated heterocycles. The summed E-state index contributed by atoms with van der Waals surface area (Å²) in [6.07, 6.45) is 4.00. The number of carbonyl (C=O) groups is 1. The minimum atomic E-state index is -0.0887. The van der Waals surface area contributed by atoms with Gasteiger partial charge in [-0.15, -0.1) is 0 Å². The van der Waals surface area contributed by atoms with E-state index in [1.165, 1.54) is 0 Å². The van der Waals surface area contributed by atoms with Crippen molar-refractivity contribution in [2.45, 2.75) is 31.7 Å². The molecule has 0 spiro atoms. The van der Waals surface area contributed by atoms with E-state index in [1.54, 1.807) is 17.0 Å². The van der Waals surface area contributed by atoms with E-state index in [4.69, 9.17) is 10.5 Å². The van der Waals surface area contributed by atoms with Gasteiger partial charge in [0, 0.05) is 6.54 Å². The van der Waals surface area contributed by atoms with Crippen LogP contribution in [0, 0.1) is 0 Å². The maximum Gasteiger partial charge on any atom is 0.260 e. The molecule has 0 bridgehead atoms. The van der Waals surface area contributed by atoms with Gasteiger partial charge < -0.3 is 20.5 Å². The number of hydrogen-bond donors (Lipinski definition) is 2. The largest absolute Gasteiger partial charge is 0.482 e. The number of benzene rings is 1. The van der Waals surface area contributed by atoms with Gasteiger partial charge in [0.05, 0.1) is 18.3 Å². The SMILES string of the molecule is Nc1ccccc1OCC(=O)N1CCCCCC1CO. The monoisotopic (exact) mass is 278 g/mol. The lowest BCUT2D eigenvalue weighted by Gasteiger charge is -2.28. The normalized spacial score (nSPS) is 19.4. The molecule has 2 rings (SSSR count). The second-order valence-corrected chi connectivity index (χ2v) is 5.10. The maximum atomic E-state index is 12.3. The van der Waals surface area contributed by atoms with Crippen LogP contribution in [0.15, 0.2) is 24.3 Å². The molecular formula is C15H22N2O3. The average molecular weight is 278 g/mol. The summed E-state index contributed by atoms with van der Waals surface area (Å²) in [5.74, 6) is 0.436. The highest BCUT2D eigenvalue weighted by atomic mass is 16.5. The zero-order valence-corrected chi connectivity index (χ0v) is 11.6. The third-order valence-corrected chi connectivity index (χ3v) is 3.68. The highest BCUT2D eigenvalue weighted by Crippen LogP contribution is 2.21. The van der Waals surface area contributed by atoms with Crippen LogP contribution in [0.4, 0.5) is 5.69 Å². The second kappa shape index (κ2) is 7.14. The molecule has 1 aliphatic rings. The van der Waals surface area contributed by atoms with Crippen molar-refractivity contribution in [1.29, 1.82) is 0 Å². The summed E-state index contributed by atoms with van der Waals surface area (Å²) in [6, 6.07) is 7.04. The van der Waals surface area contributed by atoms with Crippen molar-refractivity contribution >= 4 is 11.6 Å². The number of anilines is 1. The van der Waals surface area contributed by atoms with E-state index in [-0.39, 0.29) is 25.2 Å². The van der Waals surface area contributed by atoms with Crippen LogP contribution in [0.1, 0.15) is 25.7 Å². The molecule has 1 amide bonds. The first-order valence-corrected chi connectivity index (χ1v) is 7.10. The molecule has 1 aromatic carbocycles. The molecule has 5 nitrogen and oxygen atoms in total. The van der Waals surface area contributed by atoms with Gasteiger partial charge in [0.1, 0.15) is 5.75 Å². The number of likely N-dealkylation sites (tertiary alicyclic amines) is 1. The fraction of sp³-hybridized carbons (Fsp3) is 0.533. The summed E-state index contributed by atoms with van der Waals surface area (Å²) >= 11 is 0. The Kier molecular flexibility index (Phi) is 5.24. The molecular weight excluding hydrogens is 256 g/mol. The Morgan fingerprint density at radius 3 is 2.90 bits per heavy atom. The topological polar surface area (TPSA) is 75.8 Å². The van der Waals surface area contributed by atoms with Gasteiger partial charge in [0.25, 0.3) is 5.91 Å². The smallest absolute Gasteiger partial charge is 0.260 e. The Bertz CT molecular complexity index is 450. The van der Waals surface area contributed by atoms with Gasteiger partial charge in [0.15, 0.2) is 6.61 Å². The summed E-state index contributed by atoms with van der Waals surface area (Å²) < 4.78 is 5.49. The Hall–Kier alpha value is -1.75. The molecule has 1 aromatic rings. The van der Waals surface area contributed by atoms with Gasteiger partial charge in [0.2, 0.25) is 0 Å². The van der Waals surface area contributed by atoms with Crippen LogP contribution in [0.25, 0.3) is 0 Å². The minimum absolute atomic E-state index is 0.0131. The first kappa shape index (κ1) is 14.7. The molecule has 1 heterocycles. The van der Waals surface area contributed by atoms with Gasteiger partial charge in [-0.25, -0.2) is 0 Å². The van der Waals surface area contributed by atoms with E-state index < -0.39 is 0 Å². The predicted octanol–water partition coefficient (Wildman–Crippen LogP) is 1.41. The van der Waals surface area contributed by atoms with Gasteiger partial charge >= 0.3 is 0 Å². The highest BCUT2D eigenvalue weighted by molar-refractivity contribution is 5.78. The lowest BCUT2D eigenvalue weighted by Crippen LogP contribution is -2.44. The Morgan fingerprint density at radius 2 is 2.15 bits per heavy atom. The number of ether oxygens (including phenoxy) is 1. The second-order valence-electron chi connectivity index (χ2n) is 5.10. The summed E-state index contributed by atoms with van der Waals surface area (Å²) in [6.45, 7) is 0.668. The maximum absolute atomic E-state index is 12.3. The van der Waals surface area contributed by atoms with Crippen LogP contribution in [0.3, 0.4) is 0 Å². The van der Waals surface area contributed by atoms with E-state index in [0.29, 0.717) is 18.0 Å². The number of nitrogens with zero attached hydrogens (tertiary/aromatic N) is 1. The van der Waals surface area contributed by atoms with E-state index in [2.05, 4.69) is 0 Å². The Labute approximate surface area is 119 Å². The van der Waals surface area contributed by atoms with Crippen molar-refractivity contribution in [2.75, 3.05) is 25.5 Å². The lowest BCUT2D eigenvalue weighted by molar-refractivity contribution is -0.136. The fourth-order valence-corrected chi connectivity index (χ4v) is 2.53. The molecule has 110 valence electrons. The number of amides is 1. The van der Waals surface area contributed by atoms with Crippen LogP contribution >= 0.6 is 0 Å². The third-order valence-electron chi connectivity index (χ3n) is 3.68. The number of para-hydroxylation sites is 2. The van der Waals surface area contributed by atoms with Crippen LogP contribution in [-0.4, -0.2) is 41.7 Å². The molecule has 20 heavy (non-hydrogen) atoms. The van der Waals surface area contributed by atoms with Crippen molar-refractivity contribution in [1.82, 2.24) is 4.90 Å². The van der Waals surface area contributed by atoms with Crippen LogP contribution in [0.2, 0.25) is 0 Å². The van der Waals surface area contributed by atoms with Gasteiger partial charge in [-0.2, -0.15) is 0 Å². The van der Waals surface area contributed by atoms with Crippen molar-refractivity contribution in [3.63, 3.8) is 0 Å². The van der Waals surface area contributed by atoms with Crippen LogP contribution in [-0.2, 0) is 4.79 Å². The average Bonchev–Trinajstić information content (AvgIpc) is 2.71. The van der Waals surface area contributed by atoms with E-state index in [0.717, 1.165) is 25.7 Å². The minimum Gasteiger partial charge on any atom is -0.482 e. The summed E-state index contributed by atoms with van der Waals surface area (Å²) in [5, 5.41) is 9.41. The van der Waals surface area contributed by atoms with E-state index >= 15 is 0 Å². The van der Waals surface area contributed by atoms with Crippen LogP contribution < -0.4 is 10.5 Å². The molecule has 1 unspecified atom stereocenters. The number of aliphatic hydroxyl groups excluding tert-OH is 1. The lowest BCUT2D eigenvalue weighted by atomic mass is 10.1. The van der Waals surface area contributed by atoms with Gasteiger partial charge in [-0.3, -0.25) is 4.79 Å². The van der Waals surface area contributed by atoms with Gasteiger partial charge in [-0.1, -0.05) is 25.0 Å². The number of hydrogen-bond acceptors (Lipinski definition) is 4. The first-order valence-electron chi connectivity index (χ1n) is 7.10. The van der Waals surface area contributed by atoms with Crippen molar-refractivity contribution in [3.8, 4) is 5.75 Å². The molecule has 0 aromatic heterocycles.